The number of nitrogens with two attached hydrogens (primary N) is 1. The average Bonchev–Trinajstić information content (AvgIpc) is 2.73. The summed E-state index contributed by atoms with van der Waals surface area (Å²) in [7, 11) is -2.13. The van der Waals surface area contributed by atoms with Crippen LogP contribution in [0.2, 0.25) is 0 Å². The quantitative estimate of drug-likeness (QED) is 0.885. The molecule has 0 saturated heterocycles. The van der Waals surface area contributed by atoms with Crippen molar-refractivity contribution in [1.29, 1.82) is 0 Å². The number of anilines is 1. The third-order valence-electron chi connectivity index (χ3n) is 3.55. The summed E-state index contributed by atoms with van der Waals surface area (Å²) in [6, 6.07) is 4.98. The van der Waals surface area contributed by atoms with Crippen molar-refractivity contribution in [2.24, 2.45) is 11.1 Å². The van der Waals surface area contributed by atoms with Crippen LogP contribution in [0.5, 0.6) is 5.75 Å². The third-order valence-corrected chi connectivity index (χ3v) is 4.46. The van der Waals surface area contributed by atoms with E-state index in [0.717, 1.165) is 12.8 Å². The molecule has 0 aromatic heterocycles. The molecule has 1 aromatic carbocycles. The Bertz CT molecular complexity index is 557. The molecule has 2 unspecified atom stereocenters. The summed E-state index contributed by atoms with van der Waals surface area (Å²) in [5.74, 6) is 1.33. The van der Waals surface area contributed by atoms with E-state index >= 15 is 0 Å². The predicted molar refractivity (Wildman–Crippen MR) is 74.8 cm³/mol. The Morgan fingerprint density at radius 1 is 1.37 bits per heavy atom. The van der Waals surface area contributed by atoms with Gasteiger partial charge in [0.05, 0.1) is 17.7 Å². The van der Waals surface area contributed by atoms with Crippen LogP contribution >= 0.6 is 0 Å². The van der Waals surface area contributed by atoms with Crippen LogP contribution in [-0.2, 0) is 10.0 Å². The van der Waals surface area contributed by atoms with Gasteiger partial charge in [0, 0.05) is 6.04 Å². The molecule has 1 aliphatic rings. The number of rotatable bonds is 4. The first kappa shape index (κ1) is 14.1. The zero-order valence-corrected chi connectivity index (χ0v) is 12.0. The minimum absolute atomic E-state index is 0.0989. The zero-order valence-electron chi connectivity index (χ0n) is 11.2. The lowest BCUT2D eigenvalue weighted by Crippen LogP contribution is -2.17. The molecule has 0 heterocycles. The maximum Gasteiger partial charge on any atom is 0.238 e. The van der Waals surface area contributed by atoms with E-state index in [0.29, 0.717) is 23.4 Å². The van der Waals surface area contributed by atoms with Gasteiger partial charge >= 0.3 is 0 Å². The van der Waals surface area contributed by atoms with Crippen molar-refractivity contribution in [2.75, 3.05) is 12.4 Å². The van der Waals surface area contributed by atoms with Crippen molar-refractivity contribution in [1.82, 2.24) is 0 Å². The molecule has 3 N–H and O–H groups in total. The first-order chi connectivity index (χ1) is 8.90. The number of primary sulfonamides is 1. The van der Waals surface area contributed by atoms with Crippen molar-refractivity contribution >= 4 is 15.7 Å². The molecule has 1 aliphatic carbocycles. The number of hydrogen-bond acceptors (Lipinski definition) is 4. The van der Waals surface area contributed by atoms with E-state index < -0.39 is 10.0 Å². The van der Waals surface area contributed by atoms with Gasteiger partial charge in [0.1, 0.15) is 5.75 Å². The molecule has 19 heavy (non-hydrogen) atoms. The lowest BCUT2D eigenvalue weighted by Gasteiger charge is -2.17. The summed E-state index contributed by atoms with van der Waals surface area (Å²) >= 11 is 0. The fourth-order valence-electron chi connectivity index (χ4n) is 2.53. The molecular formula is C13H20N2O3S. The molecule has 2 rings (SSSR count). The van der Waals surface area contributed by atoms with E-state index in [1.54, 1.807) is 13.2 Å². The number of methoxy groups -OCH3 is 1. The van der Waals surface area contributed by atoms with Crippen molar-refractivity contribution in [3.8, 4) is 5.75 Å². The lowest BCUT2D eigenvalue weighted by molar-refractivity contribution is 0.415. The Morgan fingerprint density at radius 3 is 2.63 bits per heavy atom. The van der Waals surface area contributed by atoms with Gasteiger partial charge in [-0.25, -0.2) is 13.6 Å². The number of ether oxygens (including phenoxy) is 1. The molecule has 1 aromatic rings. The highest BCUT2D eigenvalue weighted by Crippen LogP contribution is 2.32. The minimum Gasteiger partial charge on any atom is -0.495 e. The van der Waals surface area contributed by atoms with Gasteiger partial charge in [-0.2, -0.15) is 0 Å². The zero-order chi connectivity index (χ0) is 14.0. The molecule has 0 bridgehead atoms. The maximum atomic E-state index is 11.4. The van der Waals surface area contributed by atoms with E-state index in [1.165, 1.54) is 18.6 Å². The summed E-state index contributed by atoms with van der Waals surface area (Å²) in [4.78, 5) is 0.0989. The average molecular weight is 284 g/mol. The van der Waals surface area contributed by atoms with E-state index in [4.69, 9.17) is 9.88 Å². The Labute approximate surface area is 114 Å². The fourth-order valence-corrected chi connectivity index (χ4v) is 3.07. The highest BCUT2D eigenvalue weighted by molar-refractivity contribution is 7.89. The first-order valence-electron chi connectivity index (χ1n) is 6.37. The molecule has 5 nitrogen and oxygen atoms in total. The SMILES string of the molecule is COc1ccc(S(N)(=O)=O)cc1NC1CCC(C)C1. The van der Waals surface area contributed by atoms with Crippen molar-refractivity contribution in [3.05, 3.63) is 18.2 Å². The van der Waals surface area contributed by atoms with Crippen LogP contribution < -0.4 is 15.2 Å². The molecule has 1 saturated carbocycles. The van der Waals surface area contributed by atoms with E-state index in [2.05, 4.69) is 12.2 Å². The van der Waals surface area contributed by atoms with Gasteiger partial charge in [0.25, 0.3) is 0 Å². The first-order valence-corrected chi connectivity index (χ1v) is 7.92. The number of benzene rings is 1. The number of hydrogen-bond donors (Lipinski definition) is 2. The second-order valence-corrected chi connectivity index (χ2v) is 6.73. The molecule has 106 valence electrons. The second kappa shape index (κ2) is 5.38. The summed E-state index contributed by atoms with van der Waals surface area (Å²) < 4.78 is 28.0. The van der Waals surface area contributed by atoms with Gasteiger partial charge in [-0.05, 0) is 43.4 Å². The van der Waals surface area contributed by atoms with Crippen LogP contribution in [0.3, 0.4) is 0 Å². The molecule has 2 atom stereocenters. The minimum atomic E-state index is -3.69. The van der Waals surface area contributed by atoms with Crippen LogP contribution in [0, 0.1) is 5.92 Å². The van der Waals surface area contributed by atoms with Gasteiger partial charge < -0.3 is 10.1 Å². The molecule has 0 amide bonds. The standard InChI is InChI=1S/C13H20N2O3S/c1-9-3-4-10(7-9)15-12-8-11(19(14,16)17)5-6-13(12)18-2/h5-6,8-10,15H,3-4,7H2,1-2H3,(H2,14,16,17). The number of nitrogens with one attached hydrogen (secondary N) is 1. The second-order valence-electron chi connectivity index (χ2n) is 5.17. The summed E-state index contributed by atoms with van der Waals surface area (Å²) in [6.45, 7) is 2.22. The van der Waals surface area contributed by atoms with Crippen molar-refractivity contribution < 1.29 is 13.2 Å². The van der Waals surface area contributed by atoms with Gasteiger partial charge in [-0.3, -0.25) is 0 Å². The van der Waals surface area contributed by atoms with Crippen LogP contribution in [0.1, 0.15) is 26.2 Å². The molecule has 0 spiro atoms. The lowest BCUT2D eigenvalue weighted by atomic mass is 10.1. The normalized spacial score (nSPS) is 23.3. The fraction of sp³-hybridized carbons (Fsp3) is 0.538. The van der Waals surface area contributed by atoms with E-state index in [1.807, 2.05) is 0 Å². The van der Waals surface area contributed by atoms with E-state index in [-0.39, 0.29) is 4.90 Å². The highest BCUT2D eigenvalue weighted by atomic mass is 32.2. The molecule has 6 heteroatoms. The van der Waals surface area contributed by atoms with Gasteiger partial charge in [0.15, 0.2) is 0 Å². The topological polar surface area (TPSA) is 81.4 Å². The van der Waals surface area contributed by atoms with Crippen LogP contribution in [0.25, 0.3) is 0 Å². The van der Waals surface area contributed by atoms with Gasteiger partial charge in [-0.1, -0.05) is 6.92 Å². The maximum absolute atomic E-state index is 11.4. The molecule has 0 aliphatic heterocycles. The molecule has 1 fully saturated rings. The van der Waals surface area contributed by atoms with Crippen LogP contribution in [0.15, 0.2) is 23.1 Å². The summed E-state index contributed by atoms with van der Waals surface area (Å²) in [5, 5.41) is 8.51. The van der Waals surface area contributed by atoms with Crippen LogP contribution in [-0.4, -0.2) is 21.6 Å². The predicted octanol–water partition coefficient (Wildman–Crippen LogP) is 1.94. The summed E-state index contributed by atoms with van der Waals surface area (Å²) in [5.41, 5.74) is 0.688. The largest absolute Gasteiger partial charge is 0.495 e. The Morgan fingerprint density at radius 2 is 2.11 bits per heavy atom. The highest BCUT2D eigenvalue weighted by Gasteiger charge is 2.22. The third kappa shape index (κ3) is 3.39. The van der Waals surface area contributed by atoms with Crippen molar-refractivity contribution in [3.63, 3.8) is 0 Å². The smallest absolute Gasteiger partial charge is 0.238 e. The Kier molecular flexibility index (Phi) is 4.01. The Hall–Kier alpha value is -1.27. The summed E-state index contributed by atoms with van der Waals surface area (Å²) in [6.07, 6.45) is 3.36. The van der Waals surface area contributed by atoms with Gasteiger partial charge in [0.2, 0.25) is 10.0 Å². The van der Waals surface area contributed by atoms with Crippen molar-refractivity contribution in [2.45, 2.75) is 37.1 Å². The number of sulfonamides is 1. The van der Waals surface area contributed by atoms with E-state index in [9.17, 15) is 8.42 Å². The van der Waals surface area contributed by atoms with Gasteiger partial charge in [-0.15, -0.1) is 0 Å². The Balaban J connectivity index is 2.26. The monoisotopic (exact) mass is 284 g/mol. The molecule has 0 radical (unpaired) electrons. The molecular weight excluding hydrogens is 264 g/mol. The van der Waals surface area contributed by atoms with Crippen LogP contribution in [0.4, 0.5) is 5.69 Å².